The fourth-order valence-corrected chi connectivity index (χ4v) is 2.31. The number of hydrogen-bond donors (Lipinski definition) is 2. The molecule has 1 saturated heterocycles. The van der Waals surface area contributed by atoms with E-state index >= 15 is 0 Å². The number of ether oxygens (including phenoxy) is 1. The normalized spacial score (nSPS) is 22.1. The predicted octanol–water partition coefficient (Wildman–Crippen LogP) is 2.26. The molecule has 0 aromatic heterocycles. The van der Waals surface area contributed by atoms with E-state index < -0.39 is 6.10 Å². The Morgan fingerprint density at radius 2 is 2.12 bits per heavy atom. The number of nitrogens with one attached hydrogen (secondary N) is 1. The largest absolute Gasteiger partial charge is 0.494 e. The van der Waals surface area contributed by atoms with Gasteiger partial charge in [0.05, 0.1) is 12.7 Å². The van der Waals surface area contributed by atoms with Crippen molar-refractivity contribution in [2.45, 2.75) is 38.3 Å². The van der Waals surface area contributed by atoms with Gasteiger partial charge in [0.25, 0.3) is 0 Å². The predicted molar refractivity (Wildman–Crippen MR) is 68.2 cm³/mol. The fraction of sp³-hybridized carbons (Fsp3) is 0.571. The number of aliphatic hydroxyl groups excluding tert-OH is 1. The molecule has 1 fully saturated rings. The van der Waals surface area contributed by atoms with Gasteiger partial charge in [0, 0.05) is 6.04 Å². The first-order chi connectivity index (χ1) is 8.31. The summed E-state index contributed by atoms with van der Waals surface area (Å²) in [5.41, 5.74) is 0.966. The lowest BCUT2D eigenvalue weighted by atomic mass is 9.95. The molecule has 0 aliphatic carbocycles. The minimum atomic E-state index is -0.411. The molecule has 94 valence electrons. The van der Waals surface area contributed by atoms with Crippen molar-refractivity contribution in [1.29, 1.82) is 0 Å². The summed E-state index contributed by atoms with van der Waals surface area (Å²) in [6, 6.07) is 7.94. The monoisotopic (exact) mass is 235 g/mol. The summed E-state index contributed by atoms with van der Waals surface area (Å²) < 4.78 is 5.39. The molecule has 1 heterocycles. The van der Waals surface area contributed by atoms with Gasteiger partial charge >= 0.3 is 0 Å². The van der Waals surface area contributed by atoms with Crippen LogP contribution in [0.15, 0.2) is 24.3 Å². The second kappa shape index (κ2) is 6.03. The average molecular weight is 235 g/mol. The first-order valence-electron chi connectivity index (χ1n) is 6.45. The van der Waals surface area contributed by atoms with E-state index in [1.165, 1.54) is 12.8 Å². The van der Waals surface area contributed by atoms with Crippen LogP contribution in [-0.4, -0.2) is 24.3 Å². The van der Waals surface area contributed by atoms with E-state index in [0.717, 1.165) is 24.3 Å². The van der Waals surface area contributed by atoms with Gasteiger partial charge in [0.2, 0.25) is 0 Å². The lowest BCUT2D eigenvalue weighted by molar-refractivity contribution is 0.114. The maximum Gasteiger partial charge on any atom is 0.119 e. The van der Waals surface area contributed by atoms with Crippen molar-refractivity contribution in [2.75, 3.05) is 13.2 Å². The van der Waals surface area contributed by atoms with E-state index in [2.05, 4.69) is 5.32 Å². The molecule has 2 unspecified atom stereocenters. The highest BCUT2D eigenvalue weighted by molar-refractivity contribution is 5.29. The number of rotatable bonds is 4. The van der Waals surface area contributed by atoms with Crippen molar-refractivity contribution >= 4 is 0 Å². The van der Waals surface area contributed by atoms with E-state index in [9.17, 15) is 5.11 Å². The highest BCUT2D eigenvalue weighted by Crippen LogP contribution is 2.24. The molecule has 1 aliphatic heterocycles. The van der Waals surface area contributed by atoms with Crippen LogP contribution < -0.4 is 10.1 Å². The standard InChI is InChI=1S/C14H21NO2/c1-2-17-12-8-6-11(7-9-12)14(16)13-5-3-4-10-15-13/h6-9,13-16H,2-5,10H2,1H3. The van der Waals surface area contributed by atoms with Crippen LogP contribution in [0, 0.1) is 0 Å². The van der Waals surface area contributed by atoms with Crippen molar-refractivity contribution < 1.29 is 9.84 Å². The molecular weight excluding hydrogens is 214 g/mol. The van der Waals surface area contributed by atoms with E-state index in [1.54, 1.807) is 0 Å². The first-order valence-corrected chi connectivity index (χ1v) is 6.45. The Balaban J connectivity index is 2.00. The Labute approximate surface area is 103 Å². The maximum atomic E-state index is 10.3. The number of piperidine rings is 1. The Morgan fingerprint density at radius 3 is 2.71 bits per heavy atom. The maximum absolute atomic E-state index is 10.3. The van der Waals surface area contributed by atoms with Crippen LogP contribution >= 0.6 is 0 Å². The molecule has 17 heavy (non-hydrogen) atoms. The molecule has 2 atom stereocenters. The molecule has 1 aromatic carbocycles. The summed E-state index contributed by atoms with van der Waals surface area (Å²) >= 11 is 0. The van der Waals surface area contributed by atoms with Crippen LogP contribution in [-0.2, 0) is 0 Å². The molecule has 0 bridgehead atoms. The Morgan fingerprint density at radius 1 is 1.35 bits per heavy atom. The van der Waals surface area contributed by atoms with E-state index in [-0.39, 0.29) is 6.04 Å². The quantitative estimate of drug-likeness (QED) is 0.841. The van der Waals surface area contributed by atoms with E-state index in [0.29, 0.717) is 6.61 Å². The van der Waals surface area contributed by atoms with E-state index in [4.69, 9.17) is 4.74 Å². The SMILES string of the molecule is CCOc1ccc(C(O)C2CCCCN2)cc1. The molecular formula is C14H21NO2. The molecule has 2 rings (SSSR count). The van der Waals surface area contributed by atoms with Gasteiger partial charge in [-0.3, -0.25) is 0 Å². The zero-order valence-electron chi connectivity index (χ0n) is 10.4. The topological polar surface area (TPSA) is 41.5 Å². The third-order valence-electron chi connectivity index (χ3n) is 3.26. The molecule has 0 spiro atoms. The minimum absolute atomic E-state index is 0.196. The number of benzene rings is 1. The van der Waals surface area contributed by atoms with Gasteiger partial charge in [-0.1, -0.05) is 18.6 Å². The summed E-state index contributed by atoms with van der Waals surface area (Å²) in [4.78, 5) is 0. The lowest BCUT2D eigenvalue weighted by Crippen LogP contribution is -2.38. The van der Waals surface area contributed by atoms with Crippen molar-refractivity contribution in [3.63, 3.8) is 0 Å². The molecule has 0 amide bonds. The summed E-state index contributed by atoms with van der Waals surface area (Å²) in [6.07, 6.45) is 3.05. The van der Waals surface area contributed by atoms with Gasteiger partial charge in [-0.2, -0.15) is 0 Å². The third-order valence-corrected chi connectivity index (χ3v) is 3.26. The molecule has 0 radical (unpaired) electrons. The van der Waals surface area contributed by atoms with Crippen molar-refractivity contribution in [3.8, 4) is 5.75 Å². The average Bonchev–Trinajstić information content (AvgIpc) is 2.40. The third kappa shape index (κ3) is 3.20. The van der Waals surface area contributed by atoms with Crippen molar-refractivity contribution in [3.05, 3.63) is 29.8 Å². The van der Waals surface area contributed by atoms with Crippen LogP contribution in [0.1, 0.15) is 37.9 Å². The summed E-state index contributed by atoms with van der Waals surface area (Å²) in [6.45, 7) is 3.65. The van der Waals surface area contributed by atoms with E-state index in [1.807, 2.05) is 31.2 Å². The number of aliphatic hydroxyl groups is 1. The highest BCUT2D eigenvalue weighted by Gasteiger charge is 2.22. The van der Waals surface area contributed by atoms with Gasteiger partial charge in [-0.15, -0.1) is 0 Å². The summed E-state index contributed by atoms with van der Waals surface area (Å²) in [5.74, 6) is 0.861. The lowest BCUT2D eigenvalue weighted by Gasteiger charge is -2.28. The smallest absolute Gasteiger partial charge is 0.119 e. The molecule has 1 aliphatic rings. The molecule has 2 N–H and O–H groups in total. The minimum Gasteiger partial charge on any atom is -0.494 e. The van der Waals surface area contributed by atoms with Crippen LogP contribution in [0.2, 0.25) is 0 Å². The van der Waals surface area contributed by atoms with Crippen LogP contribution in [0.25, 0.3) is 0 Å². The van der Waals surface area contributed by atoms with Crippen LogP contribution in [0.4, 0.5) is 0 Å². The fourth-order valence-electron chi connectivity index (χ4n) is 2.31. The molecule has 3 nitrogen and oxygen atoms in total. The van der Waals surface area contributed by atoms with Gasteiger partial charge < -0.3 is 15.2 Å². The van der Waals surface area contributed by atoms with Gasteiger partial charge in [0.1, 0.15) is 5.75 Å². The molecule has 1 aromatic rings. The second-order valence-corrected chi connectivity index (χ2v) is 4.50. The Bertz CT molecular complexity index is 331. The van der Waals surface area contributed by atoms with Crippen LogP contribution in [0.3, 0.4) is 0 Å². The Hall–Kier alpha value is -1.06. The first kappa shape index (κ1) is 12.4. The summed E-state index contributed by atoms with van der Waals surface area (Å²) in [7, 11) is 0. The Kier molecular flexibility index (Phi) is 4.40. The van der Waals surface area contributed by atoms with Crippen molar-refractivity contribution in [1.82, 2.24) is 5.32 Å². The molecule has 0 saturated carbocycles. The van der Waals surface area contributed by atoms with Gasteiger partial charge in [-0.25, -0.2) is 0 Å². The second-order valence-electron chi connectivity index (χ2n) is 4.50. The zero-order chi connectivity index (χ0) is 12.1. The van der Waals surface area contributed by atoms with Gasteiger partial charge in [-0.05, 0) is 44.0 Å². The zero-order valence-corrected chi connectivity index (χ0v) is 10.4. The molecule has 3 heteroatoms. The summed E-state index contributed by atoms with van der Waals surface area (Å²) in [5, 5.41) is 13.6. The number of hydrogen-bond acceptors (Lipinski definition) is 3. The van der Waals surface area contributed by atoms with Gasteiger partial charge in [0.15, 0.2) is 0 Å². The highest BCUT2D eigenvalue weighted by atomic mass is 16.5. The van der Waals surface area contributed by atoms with Crippen molar-refractivity contribution in [2.24, 2.45) is 0 Å². The van der Waals surface area contributed by atoms with Crippen LogP contribution in [0.5, 0.6) is 5.75 Å².